The van der Waals surface area contributed by atoms with E-state index >= 15 is 0 Å². The zero-order chi connectivity index (χ0) is 65.0. The van der Waals surface area contributed by atoms with Crippen LogP contribution in [-0.2, 0) is 33.8 Å². The molecule has 88 heavy (non-hydrogen) atoms. The maximum atomic E-state index is 12.7. The lowest BCUT2D eigenvalue weighted by Crippen LogP contribution is -2.22. The van der Waals surface area contributed by atoms with Gasteiger partial charge in [0.05, 0.1) is 53.6 Å². The van der Waals surface area contributed by atoms with E-state index in [2.05, 4.69) is 44.5 Å². The number of rotatable bonds is 24. The second-order valence-electron chi connectivity index (χ2n) is 19.7. The van der Waals surface area contributed by atoms with Crippen LogP contribution in [0, 0.1) is 60.7 Å². The summed E-state index contributed by atoms with van der Waals surface area (Å²) >= 11 is 0. The summed E-state index contributed by atoms with van der Waals surface area (Å²) in [7, 11) is 0. The number of hydrogen-bond donors (Lipinski definition) is 3. The summed E-state index contributed by atoms with van der Waals surface area (Å²) in [4.78, 5) is 73.6. The predicted molar refractivity (Wildman–Crippen MR) is 328 cm³/mol. The first-order chi connectivity index (χ1) is 42.2. The number of pyridine rings is 3. The van der Waals surface area contributed by atoms with Gasteiger partial charge in [0.1, 0.15) is 34.9 Å². The zero-order valence-electron chi connectivity index (χ0n) is 51.3. The summed E-state index contributed by atoms with van der Waals surface area (Å²) < 4.78 is 18.8. The average molecular weight is 1200 g/mol. The van der Waals surface area contributed by atoms with Crippen LogP contribution in [0.3, 0.4) is 0 Å². The van der Waals surface area contributed by atoms with Gasteiger partial charge in [-0.25, -0.2) is 14.4 Å². The van der Waals surface area contributed by atoms with Crippen molar-refractivity contribution in [3.8, 4) is 35.8 Å². The van der Waals surface area contributed by atoms with Gasteiger partial charge in [-0.05, 0) is 140 Å². The van der Waals surface area contributed by atoms with Crippen molar-refractivity contribution in [3.63, 3.8) is 0 Å². The van der Waals surface area contributed by atoms with Gasteiger partial charge in [0.25, 0.3) is 16.7 Å². The zero-order valence-corrected chi connectivity index (χ0v) is 51.3. The van der Waals surface area contributed by atoms with E-state index in [0.717, 1.165) is 58.6 Å². The number of carbonyl (C=O) groups excluding carboxylic acids is 3. The van der Waals surface area contributed by atoms with E-state index in [-0.39, 0.29) is 100 Å². The van der Waals surface area contributed by atoms with Gasteiger partial charge in [0.15, 0.2) is 17.1 Å². The van der Waals surface area contributed by atoms with Crippen molar-refractivity contribution >= 4 is 52.0 Å². The highest BCUT2D eigenvalue weighted by Gasteiger charge is 2.22. The molecule has 462 valence electrons. The molecule has 1 unspecified atom stereocenters. The first-order valence-electron chi connectivity index (χ1n) is 28.9. The third-order valence-corrected chi connectivity index (χ3v) is 13.8. The van der Waals surface area contributed by atoms with Crippen LogP contribution in [0.1, 0.15) is 164 Å². The first kappa shape index (κ1) is 70.1. The topological polar surface area (TPSA) is 351 Å². The van der Waals surface area contributed by atoms with Crippen molar-refractivity contribution < 1.29 is 43.9 Å². The third kappa shape index (κ3) is 18.3. The van der Waals surface area contributed by atoms with Crippen LogP contribution in [0.25, 0.3) is 0 Å². The molecular formula is C64H74N12O12. The minimum absolute atomic E-state index is 0.0000719. The molecule has 0 saturated heterocycles. The number of azo groups is 3. The van der Waals surface area contributed by atoms with Crippen molar-refractivity contribution in [1.82, 2.24) is 13.7 Å². The molecule has 0 radical (unpaired) electrons. The van der Waals surface area contributed by atoms with E-state index in [4.69, 9.17) is 14.2 Å². The summed E-state index contributed by atoms with van der Waals surface area (Å²) in [5, 5.41) is 82.4. The van der Waals surface area contributed by atoms with Gasteiger partial charge in [-0.3, -0.25) is 28.1 Å². The maximum Gasteiger partial charge on any atom is 0.338 e. The molecule has 3 heterocycles. The fraction of sp³-hybridized carbons (Fsp3) is 0.391. The van der Waals surface area contributed by atoms with E-state index in [0.29, 0.717) is 59.3 Å². The van der Waals surface area contributed by atoms with Gasteiger partial charge < -0.3 is 29.5 Å². The van der Waals surface area contributed by atoms with Crippen LogP contribution < -0.4 is 16.7 Å². The molecule has 24 heteroatoms. The van der Waals surface area contributed by atoms with Crippen molar-refractivity contribution in [2.45, 2.75) is 140 Å². The summed E-state index contributed by atoms with van der Waals surface area (Å²) in [5.74, 6) is -1.96. The number of unbranched alkanes of at least 4 members (excludes halogenated alkanes) is 3. The molecule has 3 aromatic heterocycles. The number of hydrogen-bond acceptors (Lipinski definition) is 21. The molecule has 0 spiro atoms. The first-order valence-corrected chi connectivity index (χ1v) is 28.9. The molecule has 6 rings (SSSR count). The van der Waals surface area contributed by atoms with Crippen molar-refractivity contribution in [2.75, 3.05) is 19.8 Å². The van der Waals surface area contributed by atoms with Gasteiger partial charge in [-0.1, -0.05) is 59.8 Å². The summed E-state index contributed by atoms with van der Waals surface area (Å²) in [5.41, 5.74) is 1.66. The Morgan fingerprint density at radius 3 is 1.15 bits per heavy atom. The number of nitriles is 3. The molecule has 0 saturated carbocycles. The molecule has 0 bridgehead atoms. The molecule has 3 aromatic carbocycles. The lowest BCUT2D eigenvalue weighted by Gasteiger charge is -2.14. The minimum Gasteiger partial charge on any atom is -0.493 e. The molecular weight excluding hydrogens is 1130 g/mol. The summed E-state index contributed by atoms with van der Waals surface area (Å²) in [6, 6.07) is 24.6. The van der Waals surface area contributed by atoms with Crippen molar-refractivity contribution in [2.24, 2.45) is 36.6 Å². The number of nitrogens with zero attached hydrogens (tertiary/aromatic N) is 12. The molecule has 24 nitrogen and oxygen atoms in total. The highest BCUT2D eigenvalue weighted by molar-refractivity contribution is 5.90. The largest absolute Gasteiger partial charge is 0.493 e. The second-order valence-corrected chi connectivity index (χ2v) is 19.7. The molecule has 3 N–H and O–H groups in total. The number of benzene rings is 3. The number of ether oxygens (including phenoxy) is 3. The number of aromatic hydroxyl groups is 3. The van der Waals surface area contributed by atoms with Crippen LogP contribution in [0.15, 0.2) is 118 Å². The van der Waals surface area contributed by atoms with Crippen LogP contribution in [0.5, 0.6) is 17.6 Å². The van der Waals surface area contributed by atoms with Gasteiger partial charge in [-0.15, -0.1) is 15.3 Å². The summed E-state index contributed by atoms with van der Waals surface area (Å²) in [6.45, 7) is 19.6. The highest BCUT2D eigenvalue weighted by Crippen LogP contribution is 2.30. The van der Waals surface area contributed by atoms with Crippen LogP contribution in [-0.4, -0.2) is 66.7 Å². The van der Waals surface area contributed by atoms with Crippen molar-refractivity contribution in [1.29, 1.82) is 15.8 Å². The molecule has 6 aromatic rings. The average Bonchev–Trinajstić information content (AvgIpc) is 2.57. The number of carbonyl (C=O) groups is 3. The Morgan fingerprint density at radius 1 is 0.477 bits per heavy atom. The standard InChI is InChI=1S/C24H30N4O4.2C20H22N4O4/c1-5-8-9-17(6-2)15-32-24(31)18-10-12-19(13-11-18)26-27-21-16(4)20(14-25)22(29)28(7-3)23(21)30;1-4-6-11-24-18(25)16(12-21)13(3)17(19(24)26)23-22-15-9-7-14(8-10-15)20(27)28-5-2;1-4-6-11-28-20(27)14-7-9-15(10-8-14)22-23-17-13(3)16(12-21)18(25)24(5-2)19(17)26/h10-13,17,29H,5-9,15H2,1-4H3;2*7-10,25H,4-6,11H2,1-3H3. The molecule has 0 amide bonds. The SMILES string of the molecule is CCCCC(CC)COC(=O)c1ccc(N=Nc2c(C)c(C#N)c(O)n(CC)c2=O)cc1.CCCCOC(=O)c1ccc(N=Nc2c(C)c(C#N)c(O)n(CC)c2=O)cc1.CCCCn1c(O)c(C#N)c(C)c(N=Nc2ccc(C(=O)OCC)cc2)c1=O. The molecule has 0 fully saturated rings. The van der Waals surface area contributed by atoms with Crippen LogP contribution >= 0.6 is 0 Å². The molecule has 0 aliphatic heterocycles. The Morgan fingerprint density at radius 2 is 0.818 bits per heavy atom. The van der Waals surface area contributed by atoms with E-state index in [9.17, 15) is 59.9 Å². The van der Waals surface area contributed by atoms with E-state index in [1.54, 1.807) is 100 Å². The van der Waals surface area contributed by atoms with E-state index in [1.165, 1.54) is 13.8 Å². The van der Waals surface area contributed by atoms with Gasteiger partial charge >= 0.3 is 17.9 Å². The Labute approximate surface area is 510 Å². The third-order valence-electron chi connectivity index (χ3n) is 13.8. The van der Waals surface area contributed by atoms with Crippen molar-refractivity contribution in [3.05, 3.63) is 154 Å². The molecule has 0 aliphatic carbocycles. The highest BCUT2D eigenvalue weighted by atomic mass is 16.5. The Balaban J connectivity index is 0.000000283. The van der Waals surface area contributed by atoms with E-state index < -0.39 is 28.6 Å². The number of aromatic nitrogens is 3. The van der Waals surface area contributed by atoms with Crippen LogP contribution in [0.2, 0.25) is 0 Å². The quantitative estimate of drug-likeness (QED) is 0.0219. The number of esters is 3. The minimum atomic E-state index is -0.531. The monoisotopic (exact) mass is 1200 g/mol. The fourth-order valence-corrected chi connectivity index (χ4v) is 8.38. The Bertz CT molecular complexity index is 3830. The van der Waals surface area contributed by atoms with E-state index in [1.807, 2.05) is 32.1 Å². The Hall–Kier alpha value is -10.4. The van der Waals surface area contributed by atoms with Gasteiger partial charge in [0, 0.05) is 36.3 Å². The normalized spacial score (nSPS) is 11.2. The Kier molecular flexibility index (Phi) is 28.0. The second kappa shape index (κ2) is 35.1. The van der Waals surface area contributed by atoms with Crippen LogP contribution in [0.4, 0.5) is 34.1 Å². The lowest BCUT2D eigenvalue weighted by molar-refractivity contribution is 0.0426. The summed E-state index contributed by atoms with van der Waals surface area (Å²) in [6.07, 6.45) is 7.50. The van der Waals surface area contributed by atoms with Gasteiger partial charge in [0.2, 0.25) is 17.6 Å². The lowest BCUT2D eigenvalue weighted by atomic mass is 10.0. The van der Waals surface area contributed by atoms with Gasteiger partial charge in [-0.2, -0.15) is 31.1 Å². The maximum absolute atomic E-state index is 12.7. The smallest absolute Gasteiger partial charge is 0.338 e. The molecule has 0 aliphatic rings. The predicted octanol–water partition coefficient (Wildman–Crippen LogP) is 13.8. The fourth-order valence-electron chi connectivity index (χ4n) is 8.38. The molecule has 1 atom stereocenters.